The van der Waals surface area contributed by atoms with Crippen molar-refractivity contribution in [3.63, 3.8) is 0 Å². The minimum absolute atomic E-state index is 0.0519. The van der Waals surface area contributed by atoms with Crippen LogP contribution in [0.1, 0.15) is 47.1 Å². The fraction of sp³-hybridized carbons (Fsp3) is 0.375. The second-order valence-corrected chi connectivity index (χ2v) is 4.84. The molecule has 0 bridgehead atoms. The van der Waals surface area contributed by atoms with E-state index in [1.165, 1.54) is 10.2 Å². The van der Waals surface area contributed by atoms with Gasteiger partial charge in [-0.25, -0.2) is 4.68 Å². The molecular weight excluding hydrogens is 236 g/mol. The van der Waals surface area contributed by atoms with Crippen molar-refractivity contribution in [1.82, 2.24) is 9.78 Å². The van der Waals surface area contributed by atoms with E-state index in [0.29, 0.717) is 5.56 Å². The van der Waals surface area contributed by atoms with Gasteiger partial charge in [0.2, 0.25) is 0 Å². The lowest BCUT2D eigenvalue weighted by atomic mass is 10.1. The highest BCUT2D eigenvalue weighted by Gasteiger charge is 2.17. The van der Waals surface area contributed by atoms with Gasteiger partial charge in [0.05, 0.1) is 5.69 Å². The van der Waals surface area contributed by atoms with Gasteiger partial charge in [0.25, 0.3) is 5.91 Å². The van der Waals surface area contributed by atoms with Crippen LogP contribution in [0.5, 0.6) is 0 Å². The highest BCUT2D eigenvalue weighted by molar-refractivity contribution is 5.95. The van der Waals surface area contributed by atoms with Crippen LogP contribution in [0, 0.1) is 13.8 Å². The monoisotopic (exact) mass is 256 g/mol. The van der Waals surface area contributed by atoms with Crippen LogP contribution in [0.3, 0.4) is 0 Å². The smallest absolute Gasteiger partial charge is 0.267 e. The topological polar surface area (TPSA) is 34.9 Å². The Labute approximate surface area is 114 Å². The minimum Gasteiger partial charge on any atom is -0.267 e. The van der Waals surface area contributed by atoms with Crippen molar-refractivity contribution >= 4 is 5.91 Å². The summed E-state index contributed by atoms with van der Waals surface area (Å²) < 4.78 is 1.54. The molecule has 0 fully saturated rings. The molecule has 0 aliphatic heterocycles. The summed E-state index contributed by atoms with van der Waals surface area (Å²) in [5, 5.41) is 4.41. The molecule has 0 atom stereocenters. The van der Waals surface area contributed by atoms with Gasteiger partial charge in [0, 0.05) is 11.3 Å². The first kappa shape index (κ1) is 13.5. The molecule has 0 saturated carbocycles. The Hall–Kier alpha value is -1.90. The van der Waals surface area contributed by atoms with Crippen molar-refractivity contribution in [2.75, 3.05) is 0 Å². The predicted molar refractivity (Wildman–Crippen MR) is 76.5 cm³/mol. The SMILES string of the molecule is CCCCc1c(C)nn(C(=O)c2ccccc2)c1C. The normalized spacial score (nSPS) is 10.7. The van der Waals surface area contributed by atoms with Crippen LogP contribution in [0.4, 0.5) is 0 Å². The zero-order chi connectivity index (χ0) is 13.8. The molecule has 0 saturated heterocycles. The molecule has 3 nitrogen and oxygen atoms in total. The number of hydrogen-bond acceptors (Lipinski definition) is 2. The van der Waals surface area contributed by atoms with Crippen molar-refractivity contribution in [1.29, 1.82) is 0 Å². The average Bonchev–Trinajstić information content (AvgIpc) is 2.72. The van der Waals surface area contributed by atoms with Crippen LogP contribution >= 0.6 is 0 Å². The molecule has 0 spiro atoms. The number of carbonyl (C=O) groups excluding carboxylic acids is 1. The molecule has 0 aliphatic rings. The Morgan fingerprint density at radius 2 is 1.89 bits per heavy atom. The largest absolute Gasteiger partial charge is 0.278 e. The molecule has 1 heterocycles. The van der Waals surface area contributed by atoms with Gasteiger partial charge in [0.1, 0.15) is 0 Å². The molecule has 0 N–H and O–H groups in total. The quantitative estimate of drug-likeness (QED) is 0.838. The fourth-order valence-electron chi connectivity index (χ4n) is 2.29. The van der Waals surface area contributed by atoms with Crippen LogP contribution in [0.15, 0.2) is 30.3 Å². The van der Waals surface area contributed by atoms with Crippen LogP contribution in [-0.4, -0.2) is 15.7 Å². The lowest BCUT2D eigenvalue weighted by Crippen LogP contribution is -2.15. The van der Waals surface area contributed by atoms with Gasteiger partial charge in [-0.2, -0.15) is 5.10 Å². The maximum atomic E-state index is 12.4. The lowest BCUT2D eigenvalue weighted by molar-refractivity contribution is 0.0942. The van der Waals surface area contributed by atoms with Gasteiger partial charge >= 0.3 is 0 Å². The third kappa shape index (κ3) is 2.75. The second kappa shape index (κ2) is 5.83. The van der Waals surface area contributed by atoms with Crippen molar-refractivity contribution < 1.29 is 4.79 Å². The maximum absolute atomic E-state index is 12.4. The Kier molecular flexibility index (Phi) is 4.15. The van der Waals surface area contributed by atoms with E-state index >= 15 is 0 Å². The van der Waals surface area contributed by atoms with Gasteiger partial charge in [-0.15, -0.1) is 0 Å². The molecule has 1 aromatic heterocycles. The van der Waals surface area contributed by atoms with E-state index in [-0.39, 0.29) is 5.91 Å². The number of unbranched alkanes of at least 4 members (excludes halogenated alkanes) is 1. The molecule has 0 radical (unpaired) electrons. The van der Waals surface area contributed by atoms with E-state index in [4.69, 9.17) is 0 Å². The number of rotatable bonds is 4. The number of aryl methyl sites for hydroxylation is 1. The number of aromatic nitrogens is 2. The summed E-state index contributed by atoms with van der Waals surface area (Å²) in [5.74, 6) is -0.0519. The summed E-state index contributed by atoms with van der Waals surface area (Å²) in [6.45, 7) is 6.13. The zero-order valence-electron chi connectivity index (χ0n) is 11.8. The standard InChI is InChI=1S/C16H20N2O/c1-4-5-11-15-12(2)17-18(13(15)3)16(19)14-9-7-6-8-10-14/h6-10H,4-5,11H2,1-3H3. The van der Waals surface area contributed by atoms with Crippen molar-refractivity contribution in [2.45, 2.75) is 40.0 Å². The van der Waals surface area contributed by atoms with Crippen molar-refractivity contribution in [3.05, 3.63) is 52.8 Å². The molecule has 0 aliphatic carbocycles. The highest BCUT2D eigenvalue weighted by Crippen LogP contribution is 2.17. The Morgan fingerprint density at radius 3 is 2.53 bits per heavy atom. The molecule has 2 aromatic rings. The zero-order valence-corrected chi connectivity index (χ0v) is 11.8. The van der Waals surface area contributed by atoms with Gasteiger partial charge in [-0.05, 0) is 44.4 Å². The Bertz CT molecular complexity index is 570. The summed E-state index contributed by atoms with van der Waals surface area (Å²) in [6.07, 6.45) is 3.28. The molecule has 3 heteroatoms. The van der Waals surface area contributed by atoms with Gasteiger partial charge in [0.15, 0.2) is 0 Å². The number of benzene rings is 1. The molecule has 1 aromatic carbocycles. The maximum Gasteiger partial charge on any atom is 0.278 e. The third-order valence-electron chi connectivity index (χ3n) is 3.43. The molecule has 0 amide bonds. The van der Waals surface area contributed by atoms with E-state index in [9.17, 15) is 4.79 Å². The summed E-state index contributed by atoms with van der Waals surface area (Å²) in [4.78, 5) is 12.4. The van der Waals surface area contributed by atoms with Crippen LogP contribution in [0.2, 0.25) is 0 Å². The van der Waals surface area contributed by atoms with Crippen LogP contribution in [-0.2, 0) is 6.42 Å². The first-order valence-corrected chi connectivity index (χ1v) is 6.80. The van der Waals surface area contributed by atoms with E-state index < -0.39 is 0 Å². The Morgan fingerprint density at radius 1 is 1.21 bits per heavy atom. The summed E-state index contributed by atoms with van der Waals surface area (Å²) in [5.41, 5.74) is 3.83. The number of hydrogen-bond donors (Lipinski definition) is 0. The van der Waals surface area contributed by atoms with E-state index in [2.05, 4.69) is 12.0 Å². The highest BCUT2D eigenvalue weighted by atomic mass is 16.2. The second-order valence-electron chi connectivity index (χ2n) is 4.84. The van der Waals surface area contributed by atoms with Gasteiger partial charge < -0.3 is 0 Å². The molecule has 100 valence electrons. The first-order chi connectivity index (χ1) is 9.15. The number of carbonyl (C=O) groups is 1. The van der Waals surface area contributed by atoms with Gasteiger partial charge in [-0.3, -0.25) is 4.79 Å². The van der Waals surface area contributed by atoms with E-state index in [0.717, 1.165) is 30.7 Å². The molecular formula is C16H20N2O. The molecule has 19 heavy (non-hydrogen) atoms. The van der Waals surface area contributed by atoms with Crippen molar-refractivity contribution in [2.24, 2.45) is 0 Å². The third-order valence-corrected chi connectivity index (χ3v) is 3.43. The van der Waals surface area contributed by atoms with Crippen LogP contribution < -0.4 is 0 Å². The summed E-state index contributed by atoms with van der Waals surface area (Å²) in [7, 11) is 0. The number of nitrogens with zero attached hydrogens (tertiary/aromatic N) is 2. The van der Waals surface area contributed by atoms with E-state index in [1.54, 1.807) is 0 Å². The van der Waals surface area contributed by atoms with Crippen LogP contribution in [0.25, 0.3) is 0 Å². The van der Waals surface area contributed by atoms with E-state index in [1.807, 2.05) is 44.2 Å². The first-order valence-electron chi connectivity index (χ1n) is 6.80. The molecule has 0 unspecified atom stereocenters. The van der Waals surface area contributed by atoms with Crippen molar-refractivity contribution in [3.8, 4) is 0 Å². The average molecular weight is 256 g/mol. The lowest BCUT2D eigenvalue weighted by Gasteiger charge is -2.04. The van der Waals surface area contributed by atoms with Gasteiger partial charge in [-0.1, -0.05) is 31.5 Å². The predicted octanol–water partition coefficient (Wildman–Crippen LogP) is 3.53. The Balaban J connectivity index is 2.33. The fourth-order valence-corrected chi connectivity index (χ4v) is 2.29. The molecule has 2 rings (SSSR count). The summed E-state index contributed by atoms with van der Waals surface area (Å²) >= 11 is 0. The minimum atomic E-state index is -0.0519. The summed E-state index contributed by atoms with van der Waals surface area (Å²) in [6, 6.07) is 9.30.